The maximum absolute atomic E-state index is 5.81. The first kappa shape index (κ1) is 13.0. The van der Waals surface area contributed by atoms with Crippen molar-refractivity contribution < 1.29 is 9.47 Å². The largest absolute Gasteiger partial charge is 0.399 e. The molecule has 0 aliphatic rings. The van der Waals surface area contributed by atoms with Crippen LogP contribution in [0.15, 0.2) is 18.2 Å². The second-order valence-corrected chi connectivity index (χ2v) is 4.10. The van der Waals surface area contributed by atoms with Crippen LogP contribution in [0.1, 0.15) is 25.0 Å². The van der Waals surface area contributed by atoms with E-state index in [1.165, 1.54) is 0 Å². The third kappa shape index (κ3) is 4.21. The normalized spacial score (nSPS) is 11.0. The molecule has 3 nitrogen and oxygen atoms in total. The molecule has 2 N–H and O–H groups in total. The molecule has 0 heterocycles. The Labute approximate surface area is 97.6 Å². The van der Waals surface area contributed by atoms with Crippen molar-refractivity contribution in [3.05, 3.63) is 29.3 Å². The zero-order chi connectivity index (χ0) is 12.0. The van der Waals surface area contributed by atoms with E-state index < -0.39 is 0 Å². The van der Waals surface area contributed by atoms with Gasteiger partial charge < -0.3 is 15.2 Å². The summed E-state index contributed by atoms with van der Waals surface area (Å²) >= 11 is 0. The predicted molar refractivity (Wildman–Crippen MR) is 66.3 cm³/mol. The molecule has 0 aliphatic carbocycles. The summed E-state index contributed by atoms with van der Waals surface area (Å²) < 4.78 is 10.9. The molecule has 0 saturated carbocycles. The summed E-state index contributed by atoms with van der Waals surface area (Å²) in [5, 5.41) is 0. The Morgan fingerprint density at radius 1 is 1.25 bits per heavy atom. The molecule has 0 atom stereocenters. The number of hydrogen-bond donors (Lipinski definition) is 1. The van der Waals surface area contributed by atoms with Crippen LogP contribution in [0.2, 0.25) is 0 Å². The molecule has 16 heavy (non-hydrogen) atoms. The zero-order valence-electron chi connectivity index (χ0n) is 10.3. The molecule has 0 aromatic heterocycles. The van der Waals surface area contributed by atoms with Gasteiger partial charge in [-0.15, -0.1) is 0 Å². The number of ether oxygens (including phenoxy) is 2. The summed E-state index contributed by atoms with van der Waals surface area (Å²) in [6.45, 7) is 7.90. The third-order valence-corrected chi connectivity index (χ3v) is 2.42. The second-order valence-electron chi connectivity index (χ2n) is 4.10. The summed E-state index contributed by atoms with van der Waals surface area (Å²) in [6, 6.07) is 5.89. The quantitative estimate of drug-likeness (QED) is 0.595. The Balaban J connectivity index is 2.29. The SMILES string of the molecule is Cc1c(N)cccc1COCCOC(C)C. The van der Waals surface area contributed by atoms with Gasteiger partial charge in [0, 0.05) is 5.69 Å². The van der Waals surface area contributed by atoms with Crippen LogP contribution >= 0.6 is 0 Å². The van der Waals surface area contributed by atoms with E-state index in [4.69, 9.17) is 15.2 Å². The van der Waals surface area contributed by atoms with Crippen molar-refractivity contribution in [3.8, 4) is 0 Å². The van der Waals surface area contributed by atoms with Gasteiger partial charge in [-0.3, -0.25) is 0 Å². The Morgan fingerprint density at radius 2 is 2.00 bits per heavy atom. The van der Waals surface area contributed by atoms with Gasteiger partial charge in [-0.1, -0.05) is 12.1 Å². The Bertz CT molecular complexity index is 324. The lowest BCUT2D eigenvalue weighted by Crippen LogP contribution is -2.10. The molecule has 0 spiro atoms. The second kappa shape index (κ2) is 6.51. The fourth-order valence-electron chi connectivity index (χ4n) is 1.38. The molecule has 90 valence electrons. The maximum atomic E-state index is 5.81. The summed E-state index contributed by atoms with van der Waals surface area (Å²) in [4.78, 5) is 0. The van der Waals surface area contributed by atoms with Crippen LogP contribution in [0, 0.1) is 6.92 Å². The van der Waals surface area contributed by atoms with E-state index in [9.17, 15) is 0 Å². The topological polar surface area (TPSA) is 44.5 Å². The first-order valence-electron chi connectivity index (χ1n) is 5.64. The fraction of sp³-hybridized carbons (Fsp3) is 0.538. The van der Waals surface area contributed by atoms with Crippen LogP contribution in [0.25, 0.3) is 0 Å². The summed E-state index contributed by atoms with van der Waals surface area (Å²) in [5.41, 5.74) is 8.88. The lowest BCUT2D eigenvalue weighted by molar-refractivity contribution is 0.0142. The third-order valence-electron chi connectivity index (χ3n) is 2.42. The van der Waals surface area contributed by atoms with Gasteiger partial charge >= 0.3 is 0 Å². The highest BCUT2D eigenvalue weighted by Gasteiger charge is 2.01. The number of hydrogen-bond acceptors (Lipinski definition) is 3. The van der Waals surface area contributed by atoms with Gasteiger partial charge in [0.05, 0.1) is 25.9 Å². The van der Waals surface area contributed by atoms with Gasteiger partial charge in [-0.2, -0.15) is 0 Å². The minimum absolute atomic E-state index is 0.262. The number of rotatable bonds is 6. The van der Waals surface area contributed by atoms with Crippen molar-refractivity contribution in [2.75, 3.05) is 18.9 Å². The standard InChI is InChI=1S/C13H21NO2/c1-10(2)16-8-7-15-9-12-5-4-6-13(14)11(12)3/h4-6,10H,7-9,14H2,1-3H3. The molecule has 0 bridgehead atoms. The van der Waals surface area contributed by atoms with Crippen molar-refractivity contribution in [3.63, 3.8) is 0 Å². The van der Waals surface area contributed by atoms with E-state index in [1.807, 2.05) is 39.0 Å². The fourth-order valence-corrected chi connectivity index (χ4v) is 1.38. The maximum Gasteiger partial charge on any atom is 0.0721 e. The lowest BCUT2D eigenvalue weighted by atomic mass is 10.1. The lowest BCUT2D eigenvalue weighted by Gasteiger charge is -2.10. The highest BCUT2D eigenvalue weighted by Crippen LogP contribution is 2.16. The molecule has 0 radical (unpaired) electrons. The van der Waals surface area contributed by atoms with E-state index in [-0.39, 0.29) is 6.10 Å². The highest BCUT2D eigenvalue weighted by molar-refractivity contribution is 5.49. The molecule has 0 fully saturated rings. The summed E-state index contributed by atoms with van der Waals surface area (Å²) in [7, 11) is 0. The smallest absolute Gasteiger partial charge is 0.0721 e. The highest BCUT2D eigenvalue weighted by atomic mass is 16.5. The van der Waals surface area contributed by atoms with Crippen LogP contribution in [0.3, 0.4) is 0 Å². The van der Waals surface area contributed by atoms with E-state index in [0.717, 1.165) is 16.8 Å². The van der Waals surface area contributed by atoms with Crippen molar-refractivity contribution in [2.24, 2.45) is 0 Å². The monoisotopic (exact) mass is 223 g/mol. The van der Waals surface area contributed by atoms with Gasteiger partial charge in [0.25, 0.3) is 0 Å². The van der Waals surface area contributed by atoms with E-state index in [0.29, 0.717) is 19.8 Å². The molecular formula is C13H21NO2. The Hall–Kier alpha value is -1.06. The van der Waals surface area contributed by atoms with Crippen LogP contribution < -0.4 is 5.73 Å². The molecule has 0 saturated heterocycles. The average molecular weight is 223 g/mol. The van der Waals surface area contributed by atoms with Gasteiger partial charge in [-0.25, -0.2) is 0 Å². The predicted octanol–water partition coefficient (Wildman–Crippen LogP) is 2.52. The van der Waals surface area contributed by atoms with Gasteiger partial charge in [0.1, 0.15) is 0 Å². The average Bonchev–Trinajstić information content (AvgIpc) is 2.23. The van der Waals surface area contributed by atoms with Crippen molar-refractivity contribution in [1.82, 2.24) is 0 Å². The van der Waals surface area contributed by atoms with Crippen LogP contribution in [0.4, 0.5) is 5.69 Å². The van der Waals surface area contributed by atoms with E-state index >= 15 is 0 Å². The summed E-state index contributed by atoms with van der Waals surface area (Å²) in [6.07, 6.45) is 0.262. The summed E-state index contributed by atoms with van der Waals surface area (Å²) in [5.74, 6) is 0. The molecule has 0 aliphatic heterocycles. The van der Waals surface area contributed by atoms with Crippen LogP contribution in [-0.4, -0.2) is 19.3 Å². The zero-order valence-corrected chi connectivity index (χ0v) is 10.3. The molecular weight excluding hydrogens is 202 g/mol. The molecule has 3 heteroatoms. The Morgan fingerprint density at radius 3 is 2.69 bits per heavy atom. The van der Waals surface area contributed by atoms with E-state index in [1.54, 1.807) is 0 Å². The van der Waals surface area contributed by atoms with Gasteiger partial charge in [-0.05, 0) is 38.0 Å². The van der Waals surface area contributed by atoms with Crippen molar-refractivity contribution >= 4 is 5.69 Å². The molecule has 1 aromatic rings. The van der Waals surface area contributed by atoms with Gasteiger partial charge in [0.15, 0.2) is 0 Å². The van der Waals surface area contributed by atoms with Crippen LogP contribution in [0.5, 0.6) is 0 Å². The number of anilines is 1. The van der Waals surface area contributed by atoms with Crippen molar-refractivity contribution in [2.45, 2.75) is 33.5 Å². The molecule has 1 aromatic carbocycles. The molecule has 0 amide bonds. The Kier molecular flexibility index (Phi) is 5.29. The number of benzene rings is 1. The minimum atomic E-state index is 0.262. The first-order chi connectivity index (χ1) is 7.61. The number of nitrogens with two attached hydrogens (primary N) is 1. The molecule has 1 rings (SSSR count). The van der Waals surface area contributed by atoms with Crippen LogP contribution in [-0.2, 0) is 16.1 Å². The van der Waals surface area contributed by atoms with E-state index in [2.05, 4.69) is 0 Å². The van der Waals surface area contributed by atoms with Crippen molar-refractivity contribution in [1.29, 1.82) is 0 Å². The minimum Gasteiger partial charge on any atom is -0.399 e. The molecule has 0 unspecified atom stereocenters. The van der Waals surface area contributed by atoms with Gasteiger partial charge in [0.2, 0.25) is 0 Å². The number of nitrogen functional groups attached to an aromatic ring is 1. The first-order valence-corrected chi connectivity index (χ1v) is 5.64.